The number of anilines is 2. The minimum absolute atomic E-state index is 0.0709. The number of carbonyl (C=O) groups excluding carboxylic acids is 1. The van der Waals surface area contributed by atoms with Crippen LogP contribution in [0.15, 0.2) is 51.8 Å². The lowest BCUT2D eigenvalue weighted by Gasteiger charge is -2.35. The third kappa shape index (κ3) is 3.40. The van der Waals surface area contributed by atoms with E-state index in [0.29, 0.717) is 31.8 Å². The van der Waals surface area contributed by atoms with Crippen LogP contribution in [0.25, 0.3) is 11.0 Å². The Labute approximate surface area is 162 Å². The van der Waals surface area contributed by atoms with Crippen molar-refractivity contribution in [2.24, 2.45) is 0 Å². The molecule has 1 fully saturated rings. The average molecular weight is 379 g/mol. The Morgan fingerprint density at radius 3 is 2.61 bits per heavy atom. The van der Waals surface area contributed by atoms with Crippen molar-refractivity contribution < 1.29 is 9.21 Å². The lowest BCUT2D eigenvalue weighted by molar-refractivity contribution is 0.0742. The molecule has 0 aliphatic carbocycles. The molecule has 1 amide bonds. The first kappa shape index (κ1) is 18.0. The molecule has 28 heavy (non-hydrogen) atoms. The number of fused-ring (bicyclic) bond motifs is 1. The van der Waals surface area contributed by atoms with Crippen LogP contribution in [0.4, 0.5) is 11.5 Å². The normalized spacial score (nSPS) is 14.4. The largest absolute Gasteiger partial charge is 0.422 e. The molecule has 0 bridgehead atoms. The molecule has 1 aliphatic heterocycles. The van der Waals surface area contributed by atoms with Crippen molar-refractivity contribution in [2.45, 2.75) is 0 Å². The van der Waals surface area contributed by atoms with E-state index in [1.165, 1.54) is 0 Å². The van der Waals surface area contributed by atoms with Crippen LogP contribution < -0.4 is 15.4 Å². The number of nitrogens with zero attached hydrogens (tertiary/aromatic N) is 5. The van der Waals surface area contributed by atoms with E-state index in [1.54, 1.807) is 29.3 Å². The SMILES string of the molecule is CN(C)c1cnnc(N2CCN(C(=O)c3cc4ccccc4oc3=O)CC2)c1. The summed E-state index contributed by atoms with van der Waals surface area (Å²) in [7, 11) is 3.90. The van der Waals surface area contributed by atoms with Gasteiger partial charge in [0.2, 0.25) is 0 Å². The van der Waals surface area contributed by atoms with Crippen molar-refractivity contribution >= 4 is 28.4 Å². The lowest BCUT2D eigenvalue weighted by Crippen LogP contribution is -2.49. The van der Waals surface area contributed by atoms with Gasteiger partial charge in [0.1, 0.15) is 11.1 Å². The molecule has 0 unspecified atom stereocenters. The molecule has 8 heteroatoms. The highest BCUT2D eigenvalue weighted by atomic mass is 16.4. The summed E-state index contributed by atoms with van der Waals surface area (Å²) < 4.78 is 5.29. The number of rotatable bonds is 3. The molecule has 3 heterocycles. The van der Waals surface area contributed by atoms with Crippen LogP contribution >= 0.6 is 0 Å². The van der Waals surface area contributed by atoms with Gasteiger partial charge in [-0.3, -0.25) is 4.79 Å². The molecule has 8 nitrogen and oxygen atoms in total. The first-order valence-corrected chi connectivity index (χ1v) is 9.10. The molecule has 3 aromatic rings. The van der Waals surface area contributed by atoms with Crippen LogP contribution in [0.2, 0.25) is 0 Å². The molecular formula is C20H21N5O3. The Morgan fingerprint density at radius 1 is 1.11 bits per heavy atom. The van der Waals surface area contributed by atoms with Crippen molar-refractivity contribution in [3.05, 3.63) is 58.6 Å². The summed E-state index contributed by atoms with van der Waals surface area (Å²) >= 11 is 0. The molecular weight excluding hydrogens is 358 g/mol. The Morgan fingerprint density at radius 2 is 1.86 bits per heavy atom. The molecule has 1 saturated heterocycles. The Bertz CT molecular complexity index is 1070. The fraction of sp³-hybridized carbons (Fsp3) is 0.300. The van der Waals surface area contributed by atoms with Crippen molar-refractivity contribution in [1.82, 2.24) is 15.1 Å². The maximum absolute atomic E-state index is 12.9. The Balaban J connectivity index is 1.49. The number of amides is 1. The molecule has 2 aromatic heterocycles. The quantitative estimate of drug-likeness (QED) is 0.640. The predicted molar refractivity (Wildman–Crippen MR) is 107 cm³/mol. The molecule has 0 atom stereocenters. The van der Waals surface area contributed by atoms with Crippen molar-refractivity contribution in [1.29, 1.82) is 0 Å². The molecule has 4 rings (SSSR count). The fourth-order valence-corrected chi connectivity index (χ4v) is 3.26. The van der Waals surface area contributed by atoms with Gasteiger partial charge in [0.05, 0.1) is 11.9 Å². The van der Waals surface area contributed by atoms with E-state index in [0.717, 1.165) is 16.9 Å². The van der Waals surface area contributed by atoms with Crippen molar-refractivity contribution in [2.75, 3.05) is 50.1 Å². The molecule has 144 valence electrons. The number of carbonyl (C=O) groups is 1. The van der Waals surface area contributed by atoms with E-state index in [1.807, 2.05) is 37.2 Å². The third-order valence-electron chi connectivity index (χ3n) is 4.91. The van der Waals surface area contributed by atoms with E-state index >= 15 is 0 Å². The maximum atomic E-state index is 12.9. The van der Waals surface area contributed by atoms with Crippen LogP contribution in [0.1, 0.15) is 10.4 Å². The predicted octanol–water partition coefficient (Wildman–Crippen LogP) is 1.61. The third-order valence-corrected chi connectivity index (χ3v) is 4.91. The molecule has 0 N–H and O–H groups in total. The van der Waals surface area contributed by atoms with Gasteiger partial charge >= 0.3 is 5.63 Å². The number of aromatic nitrogens is 2. The van der Waals surface area contributed by atoms with Gasteiger partial charge in [-0.05, 0) is 12.1 Å². The summed E-state index contributed by atoms with van der Waals surface area (Å²) in [6.07, 6.45) is 1.71. The molecule has 0 saturated carbocycles. The minimum Gasteiger partial charge on any atom is -0.422 e. The van der Waals surface area contributed by atoms with E-state index < -0.39 is 5.63 Å². The zero-order valence-corrected chi connectivity index (χ0v) is 15.8. The van der Waals surface area contributed by atoms with Gasteiger partial charge in [-0.15, -0.1) is 5.10 Å². The fourth-order valence-electron chi connectivity index (χ4n) is 3.26. The van der Waals surface area contributed by atoms with Crippen LogP contribution in [-0.2, 0) is 0 Å². The first-order valence-electron chi connectivity index (χ1n) is 9.10. The van der Waals surface area contributed by atoms with Gasteiger partial charge in [0.25, 0.3) is 5.91 Å². The summed E-state index contributed by atoms with van der Waals surface area (Å²) in [6, 6.07) is 10.8. The number of piperazine rings is 1. The van der Waals surface area contributed by atoms with Crippen LogP contribution in [0, 0.1) is 0 Å². The van der Waals surface area contributed by atoms with Gasteiger partial charge in [0, 0.05) is 51.7 Å². The summed E-state index contributed by atoms with van der Waals surface area (Å²) in [5.74, 6) is 0.482. The van der Waals surface area contributed by atoms with Gasteiger partial charge in [0.15, 0.2) is 5.82 Å². The van der Waals surface area contributed by atoms with E-state index in [-0.39, 0.29) is 11.5 Å². The second-order valence-electron chi connectivity index (χ2n) is 6.93. The van der Waals surface area contributed by atoms with Gasteiger partial charge in [-0.25, -0.2) is 4.79 Å². The standard InChI is InChI=1S/C20H21N5O3/c1-23(2)15-12-18(22-21-13-15)24-7-9-25(10-8-24)19(26)16-11-14-5-3-4-6-17(14)28-20(16)27/h3-6,11-13H,7-10H2,1-2H3. The lowest BCUT2D eigenvalue weighted by atomic mass is 10.1. The molecule has 0 radical (unpaired) electrons. The highest BCUT2D eigenvalue weighted by Crippen LogP contribution is 2.19. The van der Waals surface area contributed by atoms with E-state index in [9.17, 15) is 9.59 Å². The van der Waals surface area contributed by atoms with Crippen LogP contribution in [0.3, 0.4) is 0 Å². The summed E-state index contributed by atoms with van der Waals surface area (Å²) in [5, 5.41) is 8.99. The summed E-state index contributed by atoms with van der Waals surface area (Å²) in [4.78, 5) is 30.9. The van der Waals surface area contributed by atoms with Crippen molar-refractivity contribution in [3.8, 4) is 0 Å². The molecule has 0 spiro atoms. The highest BCUT2D eigenvalue weighted by Gasteiger charge is 2.25. The maximum Gasteiger partial charge on any atom is 0.349 e. The van der Waals surface area contributed by atoms with Gasteiger partial charge in [-0.2, -0.15) is 5.10 Å². The first-order chi connectivity index (χ1) is 13.5. The van der Waals surface area contributed by atoms with E-state index in [2.05, 4.69) is 15.1 Å². The second kappa shape index (κ2) is 7.30. The number of benzene rings is 1. The van der Waals surface area contributed by atoms with Gasteiger partial charge < -0.3 is 19.1 Å². The smallest absolute Gasteiger partial charge is 0.349 e. The topological polar surface area (TPSA) is 82.8 Å². The Hall–Kier alpha value is -3.42. The summed E-state index contributed by atoms with van der Waals surface area (Å²) in [6.45, 7) is 2.24. The zero-order chi connectivity index (χ0) is 19.7. The average Bonchev–Trinajstić information content (AvgIpc) is 2.73. The number of hydrogen-bond donors (Lipinski definition) is 0. The van der Waals surface area contributed by atoms with Gasteiger partial charge in [-0.1, -0.05) is 18.2 Å². The van der Waals surface area contributed by atoms with E-state index in [4.69, 9.17) is 4.42 Å². The number of para-hydroxylation sites is 1. The second-order valence-corrected chi connectivity index (χ2v) is 6.93. The molecule has 1 aromatic carbocycles. The monoisotopic (exact) mass is 379 g/mol. The summed E-state index contributed by atoms with van der Waals surface area (Å²) in [5.41, 5.74) is 0.919. The molecule has 1 aliphatic rings. The highest BCUT2D eigenvalue weighted by molar-refractivity contribution is 5.96. The minimum atomic E-state index is -0.601. The zero-order valence-electron chi connectivity index (χ0n) is 15.8. The van der Waals surface area contributed by atoms with Crippen LogP contribution in [-0.4, -0.2) is 61.3 Å². The number of hydrogen-bond acceptors (Lipinski definition) is 7. The Kier molecular flexibility index (Phi) is 4.68. The van der Waals surface area contributed by atoms with Crippen molar-refractivity contribution in [3.63, 3.8) is 0 Å². The van der Waals surface area contributed by atoms with Crippen LogP contribution in [0.5, 0.6) is 0 Å².